The van der Waals surface area contributed by atoms with Crippen LogP contribution in [0.5, 0.6) is 0 Å². The standard InChI is InChI=1S/C13H22N4O2/c1-10(14)11-3-4-12(19-11)13(18)16-5-2-7-17-8-6-15-9-17/h6,8-12H,2-5,7,14H2,1H3,(H,16,18)/t10-,11+,12+/m0/s1. The minimum atomic E-state index is -0.329. The van der Waals surface area contributed by atoms with Crippen LogP contribution in [0.4, 0.5) is 0 Å². The van der Waals surface area contributed by atoms with Crippen LogP contribution in [-0.2, 0) is 16.1 Å². The normalized spacial score (nSPS) is 24.3. The molecule has 106 valence electrons. The van der Waals surface area contributed by atoms with Gasteiger partial charge in [-0.2, -0.15) is 0 Å². The summed E-state index contributed by atoms with van der Waals surface area (Å²) in [5, 5.41) is 2.91. The lowest BCUT2D eigenvalue weighted by molar-refractivity contribution is -0.132. The van der Waals surface area contributed by atoms with Crippen LogP contribution in [0.1, 0.15) is 26.2 Å². The fourth-order valence-electron chi connectivity index (χ4n) is 2.25. The molecule has 2 rings (SSSR count). The number of rotatable bonds is 6. The number of nitrogens with zero attached hydrogens (tertiary/aromatic N) is 2. The van der Waals surface area contributed by atoms with Crippen molar-refractivity contribution in [3.8, 4) is 0 Å². The Balaban J connectivity index is 1.62. The van der Waals surface area contributed by atoms with E-state index < -0.39 is 0 Å². The van der Waals surface area contributed by atoms with Crippen LogP contribution >= 0.6 is 0 Å². The zero-order valence-corrected chi connectivity index (χ0v) is 11.3. The molecule has 1 amide bonds. The number of nitrogens with one attached hydrogen (secondary N) is 1. The summed E-state index contributed by atoms with van der Waals surface area (Å²) in [7, 11) is 0. The fraction of sp³-hybridized carbons (Fsp3) is 0.692. The number of hydrogen-bond acceptors (Lipinski definition) is 4. The first-order valence-electron chi connectivity index (χ1n) is 6.81. The number of hydrogen-bond donors (Lipinski definition) is 2. The number of aromatic nitrogens is 2. The molecule has 0 bridgehead atoms. The van der Waals surface area contributed by atoms with E-state index in [4.69, 9.17) is 10.5 Å². The lowest BCUT2D eigenvalue weighted by atomic mass is 10.1. The summed E-state index contributed by atoms with van der Waals surface area (Å²) in [6.07, 6.45) is 7.63. The fourth-order valence-corrected chi connectivity index (χ4v) is 2.25. The van der Waals surface area contributed by atoms with Gasteiger partial charge in [-0.25, -0.2) is 4.98 Å². The zero-order valence-electron chi connectivity index (χ0n) is 11.3. The van der Waals surface area contributed by atoms with Crippen LogP contribution in [0.15, 0.2) is 18.7 Å². The van der Waals surface area contributed by atoms with Crippen molar-refractivity contribution in [2.45, 2.75) is 51.0 Å². The molecule has 1 aliphatic rings. The number of imidazole rings is 1. The van der Waals surface area contributed by atoms with E-state index in [1.165, 1.54) is 0 Å². The molecule has 1 aromatic rings. The predicted octanol–water partition coefficient (Wildman–Crippen LogP) is 0.284. The summed E-state index contributed by atoms with van der Waals surface area (Å²) >= 11 is 0. The first-order chi connectivity index (χ1) is 9.16. The Kier molecular flexibility index (Phi) is 4.93. The lowest BCUT2D eigenvalue weighted by Gasteiger charge is -2.16. The Bertz CT molecular complexity index is 391. The second-order valence-corrected chi connectivity index (χ2v) is 5.04. The third-order valence-corrected chi connectivity index (χ3v) is 3.38. The van der Waals surface area contributed by atoms with E-state index in [2.05, 4.69) is 10.3 Å². The van der Waals surface area contributed by atoms with Gasteiger partial charge in [-0.05, 0) is 26.2 Å². The predicted molar refractivity (Wildman–Crippen MR) is 71.4 cm³/mol. The Hall–Kier alpha value is -1.40. The van der Waals surface area contributed by atoms with Crippen LogP contribution in [0.25, 0.3) is 0 Å². The highest BCUT2D eigenvalue weighted by atomic mass is 16.5. The molecular formula is C13H22N4O2. The molecule has 0 radical (unpaired) electrons. The molecule has 3 N–H and O–H groups in total. The van der Waals surface area contributed by atoms with E-state index in [1.54, 1.807) is 12.5 Å². The van der Waals surface area contributed by atoms with E-state index in [1.807, 2.05) is 17.7 Å². The molecule has 2 heterocycles. The van der Waals surface area contributed by atoms with Gasteiger partial charge >= 0.3 is 0 Å². The van der Waals surface area contributed by atoms with Crippen LogP contribution < -0.4 is 11.1 Å². The SMILES string of the molecule is C[C@H](N)[C@H]1CC[C@H](C(=O)NCCCn2ccnc2)O1. The van der Waals surface area contributed by atoms with Crippen LogP contribution in [0, 0.1) is 0 Å². The highest BCUT2D eigenvalue weighted by molar-refractivity contribution is 5.80. The minimum Gasteiger partial charge on any atom is -0.364 e. The third kappa shape index (κ3) is 4.04. The van der Waals surface area contributed by atoms with Crippen LogP contribution in [0.3, 0.4) is 0 Å². The molecule has 1 fully saturated rings. The zero-order chi connectivity index (χ0) is 13.7. The van der Waals surface area contributed by atoms with Gasteiger partial charge in [0.05, 0.1) is 12.4 Å². The van der Waals surface area contributed by atoms with Crippen molar-refractivity contribution in [2.75, 3.05) is 6.54 Å². The molecule has 0 unspecified atom stereocenters. The highest BCUT2D eigenvalue weighted by Crippen LogP contribution is 2.21. The van der Waals surface area contributed by atoms with Gasteiger partial charge in [0.2, 0.25) is 5.91 Å². The van der Waals surface area contributed by atoms with Gasteiger partial charge in [0, 0.05) is 31.5 Å². The minimum absolute atomic E-state index is 0.0148. The molecule has 6 nitrogen and oxygen atoms in total. The molecule has 0 aromatic carbocycles. The molecular weight excluding hydrogens is 244 g/mol. The Labute approximate surface area is 113 Å². The summed E-state index contributed by atoms with van der Waals surface area (Å²) < 4.78 is 7.63. The van der Waals surface area contributed by atoms with Crippen LogP contribution in [-0.4, -0.2) is 40.3 Å². The second-order valence-electron chi connectivity index (χ2n) is 5.04. The number of carbonyl (C=O) groups is 1. The van der Waals surface area contributed by atoms with Gasteiger partial charge in [0.1, 0.15) is 6.10 Å². The lowest BCUT2D eigenvalue weighted by Crippen LogP contribution is -2.38. The van der Waals surface area contributed by atoms with Gasteiger partial charge < -0.3 is 20.4 Å². The average molecular weight is 266 g/mol. The average Bonchev–Trinajstić information content (AvgIpc) is 3.05. The van der Waals surface area contributed by atoms with Gasteiger partial charge in [-0.3, -0.25) is 4.79 Å². The monoisotopic (exact) mass is 266 g/mol. The maximum absolute atomic E-state index is 11.9. The highest BCUT2D eigenvalue weighted by Gasteiger charge is 2.32. The van der Waals surface area contributed by atoms with Gasteiger partial charge in [0.25, 0.3) is 0 Å². The summed E-state index contributed by atoms with van der Waals surface area (Å²) in [5.74, 6) is -0.0196. The molecule has 3 atom stereocenters. The molecule has 0 aliphatic carbocycles. The quantitative estimate of drug-likeness (QED) is 0.725. The molecule has 6 heteroatoms. The molecule has 19 heavy (non-hydrogen) atoms. The van der Waals surface area contributed by atoms with Crippen molar-refractivity contribution in [3.05, 3.63) is 18.7 Å². The van der Waals surface area contributed by atoms with E-state index in [9.17, 15) is 4.79 Å². The van der Waals surface area contributed by atoms with E-state index in [0.29, 0.717) is 6.54 Å². The van der Waals surface area contributed by atoms with E-state index in [-0.39, 0.29) is 24.2 Å². The van der Waals surface area contributed by atoms with Crippen molar-refractivity contribution in [1.82, 2.24) is 14.9 Å². The largest absolute Gasteiger partial charge is 0.364 e. The number of aryl methyl sites for hydroxylation is 1. The van der Waals surface area contributed by atoms with Gasteiger partial charge in [-0.1, -0.05) is 0 Å². The maximum atomic E-state index is 11.9. The Morgan fingerprint density at radius 3 is 3.11 bits per heavy atom. The molecule has 0 saturated carbocycles. The van der Waals surface area contributed by atoms with Crippen molar-refractivity contribution in [2.24, 2.45) is 5.73 Å². The summed E-state index contributed by atoms with van der Waals surface area (Å²) in [6.45, 7) is 3.42. The topological polar surface area (TPSA) is 82.2 Å². The number of carbonyl (C=O) groups excluding carboxylic acids is 1. The van der Waals surface area contributed by atoms with Crippen molar-refractivity contribution < 1.29 is 9.53 Å². The summed E-state index contributed by atoms with van der Waals surface area (Å²) in [4.78, 5) is 15.8. The maximum Gasteiger partial charge on any atom is 0.249 e. The Morgan fingerprint density at radius 1 is 1.63 bits per heavy atom. The number of nitrogens with two attached hydrogens (primary N) is 1. The summed E-state index contributed by atoms with van der Waals surface area (Å²) in [5.41, 5.74) is 5.77. The molecule has 1 saturated heterocycles. The molecule has 1 aliphatic heterocycles. The van der Waals surface area contributed by atoms with E-state index >= 15 is 0 Å². The van der Waals surface area contributed by atoms with Crippen LogP contribution in [0.2, 0.25) is 0 Å². The van der Waals surface area contributed by atoms with Gasteiger partial charge in [-0.15, -0.1) is 0 Å². The third-order valence-electron chi connectivity index (χ3n) is 3.38. The molecule has 1 aromatic heterocycles. The first-order valence-corrected chi connectivity index (χ1v) is 6.81. The smallest absolute Gasteiger partial charge is 0.249 e. The van der Waals surface area contributed by atoms with Crippen molar-refractivity contribution >= 4 is 5.91 Å². The Morgan fingerprint density at radius 2 is 2.47 bits per heavy atom. The van der Waals surface area contributed by atoms with Crippen molar-refractivity contribution in [1.29, 1.82) is 0 Å². The number of ether oxygens (including phenoxy) is 1. The van der Waals surface area contributed by atoms with Gasteiger partial charge in [0.15, 0.2) is 0 Å². The van der Waals surface area contributed by atoms with E-state index in [0.717, 1.165) is 25.8 Å². The first kappa shape index (κ1) is 14.0. The second kappa shape index (κ2) is 6.68. The molecule has 0 spiro atoms. The van der Waals surface area contributed by atoms with Crippen molar-refractivity contribution in [3.63, 3.8) is 0 Å². The number of amides is 1. The summed E-state index contributed by atoms with van der Waals surface area (Å²) in [6, 6.07) is -0.0148.